The molecule has 1 atom stereocenters. The molecule has 2 aromatic heterocycles. The molecule has 0 radical (unpaired) electrons. The van der Waals surface area contributed by atoms with E-state index in [9.17, 15) is 9.59 Å². The summed E-state index contributed by atoms with van der Waals surface area (Å²) < 4.78 is 16.6. The first-order chi connectivity index (χ1) is 15.5. The molecule has 2 aromatic carbocycles. The molecule has 4 aromatic rings. The molecule has 0 spiro atoms. The van der Waals surface area contributed by atoms with Crippen LogP contribution in [0.1, 0.15) is 24.4 Å². The van der Waals surface area contributed by atoms with Crippen LogP contribution in [-0.4, -0.2) is 17.2 Å². The van der Waals surface area contributed by atoms with Crippen molar-refractivity contribution in [2.45, 2.75) is 19.4 Å². The molecule has 32 heavy (non-hydrogen) atoms. The Balaban J connectivity index is 1.44. The number of furan rings is 2. The van der Waals surface area contributed by atoms with Crippen LogP contribution in [0, 0.1) is 0 Å². The Morgan fingerprint density at radius 2 is 1.69 bits per heavy atom. The Bertz CT molecular complexity index is 1210. The Morgan fingerprint density at radius 3 is 2.41 bits per heavy atom. The van der Waals surface area contributed by atoms with Gasteiger partial charge in [-0.15, -0.1) is 0 Å². The van der Waals surface area contributed by atoms with Gasteiger partial charge in [0.25, 0.3) is 0 Å². The van der Waals surface area contributed by atoms with Gasteiger partial charge in [0.2, 0.25) is 0 Å². The van der Waals surface area contributed by atoms with E-state index >= 15 is 0 Å². The van der Waals surface area contributed by atoms with Crippen molar-refractivity contribution in [2.75, 3.05) is 5.32 Å². The molecule has 7 heteroatoms. The number of ether oxygens (including phenoxy) is 1. The van der Waals surface area contributed by atoms with Gasteiger partial charge in [-0.1, -0.05) is 54.6 Å². The zero-order chi connectivity index (χ0) is 22.5. The summed E-state index contributed by atoms with van der Waals surface area (Å²) in [6, 6.07) is 21.8. The second kappa shape index (κ2) is 9.26. The molecule has 2 heterocycles. The van der Waals surface area contributed by atoms with E-state index in [0.29, 0.717) is 23.0 Å². The quantitative estimate of drug-likeness (QED) is 0.364. The monoisotopic (exact) mass is 431 g/mol. The second-order valence-corrected chi connectivity index (χ2v) is 7.16. The van der Waals surface area contributed by atoms with Crippen molar-refractivity contribution in [1.29, 1.82) is 0 Å². The number of hydrogen-bond donors (Lipinski definition) is 2. The molecular weight excluding hydrogens is 410 g/mol. The Hall–Kier alpha value is -4.26. The lowest BCUT2D eigenvalue weighted by Crippen LogP contribution is -2.16. The zero-order valence-electron chi connectivity index (χ0n) is 17.3. The lowest BCUT2D eigenvalue weighted by Gasteiger charge is -2.14. The second-order valence-electron chi connectivity index (χ2n) is 7.16. The topological polar surface area (TPSA) is 102 Å². The van der Waals surface area contributed by atoms with Gasteiger partial charge in [-0.2, -0.15) is 0 Å². The van der Waals surface area contributed by atoms with Crippen molar-refractivity contribution >= 4 is 17.7 Å². The van der Waals surface area contributed by atoms with Gasteiger partial charge in [-0.05, 0) is 24.6 Å². The largest absolute Gasteiger partial charge is 0.481 e. The number of carbonyl (C=O) groups is 2. The van der Waals surface area contributed by atoms with Crippen LogP contribution in [0.4, 0.5) is 10.5 Å². The number of carbonyl (C=O) groups excluding carboxylic acids is 1. The van der Waals surface area contributed by atoms with Crippen LogP contribution in [-0.2, 0) is 16.0 Å². The molecule has 0 aliphatic carbocycles. The minimum absolute atomic E-state index is 0.168. The standard InChI is InChI=1S/C25H21NO6/c1-16(17-5-3-2-4-6-17)31-25(29)26-21-13-14-30-24(21)19-9-7-18(8-10-19)22-12-11-20(32-22)15-23(27)28/h2-14,16H,15H2,1H3,(H,26,29)(H,27,28). The van der Waals surface area contributed by atoms with Gasteiger partial charge in [0, 0.05) is 17.2 Å². The van der Waals surface area contributed by atoms with Crippen molar-refractivity contribution in [2.24, 2.45) is 0 Å². The summed E-state index contributed by atoms with van der Waals surface area (Å²) >= 11 is 0. The number of anilines is 1. The third-order valence-corrected chi connectivity index (χ3v) is 4.87. The van der Waals surface area contributed by atoms with Crippen LogP contribution in [0.25, 0.3) is 22.6 Å². The van der Waals surface area contributed by atoms with Crippen LogP contribution >= 0.6 is 0 Å². The molecule has 162 valence electrons. The third-order valence-electron chi connectivity index (χ3n) is 4.87. The third kappa shape index (κ3) is 4.89. The highest BCUT2D eigenvalue weighted by molar-refractivity contribution is 5.90. The van der Waals surface area contributed by atoms with E-state index in [1.165, 1.54) is 6.26 Å². The van der Waals surface area contributed by atoms with E-state index in [1.54, 1.807) is 25.1 Å². The van der Waals surface area contributed by atoms with Crippen molar-refractivity contribution < 1.29 is 28.3 Å². The molecule has 0 saturated heterocycles. The van der Waals surface area contributed by atoms with Gasteiger partial charge >= 0.3 is 12.1 Å². The molecule has 0 aliphatic rings. The summed E-state index contributed by atoms with van der Waals surface area (Å²) in [6.07, 6.45) is 0.343. The van der Waals surface area contributed by atoms with Gasteiger partial charge in [0.05, 0.1) is 12.0 Å². The molecule has 1 unspecified atom stereocenters. The van der Waals surface area contributed by atoms with E-state index in [0.717, 1.165) is 16.7 Å². The van der Waals surface area contributed by atoms with E-state index in [2.05, 4.69) is 5.32 Å². The average Bonchev–Trinajstić information content (AvgIpc) is 3.43. The summed E-state index contributed by atoms with van der Waals surface area (Å²) in [5.74, 6) is 0.504. The number of benzene rings is 2. The summed E-state index contributed by atoms with van der Waals surface area (Å²) in [5, 5.41) is 11.6. The van der Waals surface area contributed by atoms with Gasteiger partial charge in [-0.25, -0.2) is 4.79 Å². The molecule has 1 amide bonds. The van der Waals surface area contributed by atoms with Gasteiger partial charge in [0.15, 0.2) is 5.76 Å². The smallest absolute Gasteiger partial charge is 0.412 e. The Labute approximate surface area is 184 Å². The van der Waals surface area contributed by atoms with Crippen molar-refractivity contribution in [1.82, 2.24) is 0 Å². The fourth-order valence-electron chi connectivity index (χ4n) is 3.29. The molecule has 0 aliphatic heterocycles. The van der Waals surface area contributed by atoms with Crippen LogP contribution in [0.5, 0.6) is 0 Å². The maximum Gasteiger partial charge on any atom is 0.412 e. The first kappa shape index (κ1) is 21.0. The summed E-state index contributed by atoms with van der Waals surface area (Å²) in [7, 11) is 0. The van der Waals surface area contributed by atoms with Gasteiger partial charge in [0.1, 0.15) is 24.0 Å². The van der Waals surface area contributed by atoms with E-state index in [4.69, 9.17) is 18.7 Å². The molecule has 7 nitrogen and oxygen atoms in total. The van der Waals surface area contributed by atoms with Crippen LogP contribution in [0.15, 0.2) is 87.9 Å². The molecule has 0 fully saturated rings. The SMILES string of the molecule is CC(OC(=O)Nc1ccoc1-c1ccc(-c2ccc(CC(=O)O)o2)cc1)c1ccccc1. The lowest BCUT2D eigenvalue weighted by molar-refractivity contribution is -0.136. The van der Waals surface area contributed by atoms with Crippen molar-refractivity contribution in [3.05, 3.63) is 90.4 Å². The fraction of sp³-hybridized carbons (Fsp3) is 0.120. The van der Waals surface area contributed by atoms with Gasteiger partial charge in [-0.3, -0.25) is 10.1 Å². The number of nitrogens with one attached hydrogen (secondary N) is 1. The fourth-order valence-corrected chi connectivity index (χ4v) is 3.29. The van der Waals surface area contributed by atoms with Crippen LogP contribution in [0.3, 0.4) is 0 Å². The Kier molecular flexibility index (Phi) is 6.07. The van der Waals surface area contributed by atoms with Crippen molar-refractivity contribution in [3.63, 3.8) is 0 Å². The zero-order valence-corrected chi connectivity index (χ0v) is 17.3. The van der Waals surface area contributed by atoms with E-state index in [1.807, 2.05) is 54.6 Å². The number of hydrogen-bond acceptors (Lipinski definition) is 5. The van der Waals surface area contributed by atoms with Crippen LogP contribution < -0.4 is 5.32 Å². The first-order valence-electron chi connectivity index (χ1n) is 10.0. The molecule has 0 bridgehead atoms. The highest BCUT2D eigenvalue weighted by Gasteiger charge is 2.16. The lowest BCUT2D eigenvalue weighted by atomic mass is 10.1. The number of rotatable bonds is 7. The summed E-state index contributed by atoms with van der Waals surface area (Å²) in [4.78, 5) is 23.2. The van der Waals surface area contributed by atoms with E-state index < -0.39 is 18.2 Å². The number of carboxylic acids is 1. The van der Waals surface area contributed by atoms with Crippen LogP contribution in [0.2, 0.25) is 0 Å². The predicted molar refractivity (Wildman–Crippen MR) is 118 cm³/mol. The highest BCUT2D eigenvalue weighted by atomic mass is 16.6. The molecule has 2 N–H and O–H groups in total. The maximum atomic E-state index is 12.4. The van der Waals surface area contributed by atoms with Crippen molar-refractivity contribution in [3.8, 4) is 22.6 Å². The summed E-state index contributed by atoms with van der Waals surface area (Å²) in [5.41, 5.74) is 2.94. The number of amides is 1. The normalized spacial score (nSPS) is 11.7. The predicted octanol–water partition coefficient (Wildman–Crippen LogP) is 6.14. The molecule has 0 saturated carbocycles. The first-order valence-corrected chi connectivity index (χ1v) is 10.0. The average molecular weight is 431 g/mol. The highest BCUT2D eigenvalue weighted by Crippen LogP contribution is 2.32. The molecular formula is C25H21NO6. The molecule has 4 rings (SSSR count). The minimum atomic E-state index is -0.948. The number of aliphatic carboxylic acids is 1. The number of carboxylic acid groups (broad SMARTS) is 1. The minimum Gasteiger partial charge on any atom is -0.481 e. The maximum absolute atomic E-state index is 12.4. The summed E-state index contributed by atoms with van der Waals surface area (Å²) in [6.45, 7) is 1.81. The van der Waals surface area contributed by atoms with E-state index in [-0.39, 0.29) is 6.42 Å². The Morgan fingerprint density at radius 1 is 0.969 bits per heavy atom. The van der Waals surface area contributed by atoms with Gasteiger partial charge < -0.3 is 18.7 Å².